The molecule has 5 nitrogen and oxygen atoms in total. The van der Waals surface area contributed by atoms with Gasteiger partial charge in [-0.15, -0.1) is 0 Å². The highest BCUT2D eigenvalue weighted by Gasteiger charge is 2.56. The molecule has 2 aliphatic rings. The smallest absolute Gasteiger partial charge is 0.413 e. The highest BCUT2D eigenvalue weighted by molar-refractivity contribution is 5.72. The molecule has 0 spiro atoms. The predicted molar refractivity (Wildman–Crippen MR) is 91.7 cm³/mol. The number of rotatable bonds is 4. The first-order chi connectivity index (χ1) is 12.2. The van der Waals surface area contributed by atoms with Crippen molar-refractivity contribution in [2.75, 3.05) is 13.2 Å². The van der Waals surface area contributed by atoms with Crippen LogP contribution in [0.1, 0.15) is 30.1 Å². The van der Waals surface area contributed by atoms with E-state index in [-0.39, 0.29) is 6.10 Å². The standard InChI is InChI=1S/C20H21NO4/c22-19-21(14-17-12-7-13-24-17)20(23,16-10-5-2-6-11-16)18(25-19)15-8-3-1-4-9-15/h1-6,8-11,17-18,23H,7,12-14H2/t17-,18+,20+/m0/s1. The number of ether oxygens (including phenoxy) is 2. The van der Waals surface area contributed by atoms with E-state index < -0.39 is 17.9 Å². The summed E-state index contributed by atoms with van der Waals surface area (Å²) < 4.78 is 11.3. The number of aliphatic hydroxyl groups is 1. The van der Waals surface area contributed by atoms with Crippen LogP contribution in [0.2, 0.25) is 0 Å². The second-order valence-electron chi connectivity index (χ2n) is 6.51. The van der Waals surface area contributed by atoms with E-state index in [4.69, 9.17) is 9.47 Å². The summed E-state index contributed by atoms with van der Waals surface area (Å²) in [6, 6.07) is 18.6. The van der Waals surface area contributed by atoms with E-state index in [0.29, 0.717) is 18.7 Å². The Labute approximate surface area is 146 Å². The molecule has 0 bridgehead atoms. The fourth-order valence-electron chi connectivity index (χ4n) is 3.65. The van der Waals surface area contributed by atoms with Crippen molar-refractivity contribution in [1.82, 2.24) is 4.90 Å². The lowest BCUT2D eigenvalue weighted by Crippen LogP contribution is -2.48. The van der Waals surface area contributed by atoms with Gasteiger partial charge in [0.2, 0.25) is 5.72 Å². The Bertz CT molecular complexity index is 730. The minimum atomic E-state index is -1.56. The van der Waals surface area contributed by atoms with Crippen molar-refractivity contribution in [3.05, 3.63) is 71.8 Å². The van der Waals surface area contributed by atoms with Crippen molar-refractivity contribution in [3.63, 3.8) is 0 Å². The summed E-state index contributed by atoms with van der Waals surface area (Å²) in [6.45, 7) is 1.01. The average molecular weight is 339 g/mol. The molecule has 2 aliphatic heterocycles. The van der Waals surface area contributed by atoms with Gasteiger partial charge in [-0.3, -0.25) is 4.90 Å². The second kappa shape index (κ2) is 6.50. The average Bonchev–Trinajstić information content (AvgIpc) is 3.26. The Morgan fingerprint density at radius 2 is 1.76 bits per heavy atom. The minimum Gasteiger partial charge on any atom is -0.436 e. The van der Waals surface area contributed by atoms with E-state index in [2.05, 4.69) is 0 Å². The van der Waals surface area contributed by atoms with Gasteiger partial charge in [-0.25, -0.2) is 4.79 Å². The lowest BCUT2D eigenvalue weighted by atomic mass is 9.91. The number of amides is 1. The molecule has 0 saturated carbocycles. The third-order valence-corrected chi connectivity index (χ3v) is 4.93. The van der Waals surface area contributed by atoms with Gasteiger partial charge >= 0.3 is 6.09 Å². The second-order valence-corrected chi connectivity index (χ2v) is 6.51. The van der Waals surface area contributed by atoms with Crippen LogP contribution in [-0.2, 0) is 15.2 Å². The first-order valence-corrected chi connectivity index (χ1v) is 8.62. The first-order valence-electron chi connectivity index (χ1n) is 8.62. The van der Waals surface area contributed by atoms with Gasteiger partial charge in [0.25, 0.3) is 0 Å². The van der Waals surface area contributed by atoms with E-state index in [0.717, 1.165) is 18.4 Å². The zero-order chi connectivity index (χ0) is 17.3. The van der Waals surface area contributed by atoms with Crippen LogP contribution in [0, 0.1) is 0 Å². The van der Waals surface area contributed by atoms with E-state index in [9.17, 15) is 9.90 Å². The molecule has 5 heteroatoms. The minimum absolute atomic E-state index is 0.0719. The molecular formula is C20H21NO4. The summed E-state index contributed by atoms with van der Waals surface area (Å²) in [6.07, 6.45) is 0.474. The third-order valence-electron chi connectivity index (χ3n) is 4.93. The molecular weight excluding hydrogens is 318 g/mol. The summed E-state index contributed by atoms with van der Waals surface area (Å²) in [5, 5.41) is 11.7. The van der Waals surface area contributed by atoms with Crippen molar-refractivity contribution >= 4 is 6.09 Å². The zero-order valence-corrected chi connectivity index (χ0v) is 13.9. The predicted octanol–water partition coefficient (Wildman–Crippen LogP) is 3.20. The SMILES string of the molecule is O=C1O[C@H](c2ccccc2)[C@](O)(c2ccccc2)N1C[C@@H]1CCCO1. The number of cyclic esters (lactones) is 1. The van der Waals surface area contributed by atoms with Gasteiger partial charge in [0, 0.05) is 12.2 Å². The molecule has 1 amide bonds. The van der Waals surface area contributed by atoms with Crippen molar-refractivity contribution in [3.8, 4) is 0 Å². The molecule has 0 unspecified atom stereocenters. The molecule has 0 aliphatic carbocycles. The van der Waals surface area contributed by atoms with Crippen LogP contribution < -0.4 is 0 Å². The monoisotopic (exact) mass is 339 g/mol. The lowest BCUT2D eigenvalue weighted by molar-refractivity contribution is -0.118. The maximum atomic E-state index is 12.6. The van der Waals surface area contributed by atoms with Crippen LogP contribution in [0.4, 0.5) is 4.79 Å². The number of hydrogen-bond acceptors (Lipinski definition) is 4. The molecule has 25 heavy (non-hydrogen) atoms. The van der Waals surface area contributed by atoms with Gasteiger partial charge in [0.15, 0.2) is 6.10 Å². The molecule has 1 N–H and O–H groups in total. The quantitative estimate of drug-likeness (QED) is 0.929. The van der Waals surface area contributed by atoms with Crippen LogP contribution in [0.5, 0.6) is 0 Å². The highest BCUT2D eigenvalue weighted by atomic mass is 16.6. The number of carbonyl (C=O) groups excluding carboxylic acids is 1. The molecule has 4 rings (SSSR count). The van der Waals surface area contributed by atoms with Crippen LogP contribution in [0.3, 0.4) is 0 Å². The molecule has 2 heterocycles. The highest BCUT2D eigenvalue weighted by Crippen LogP contribution is 2.46. The van der Waals surface area contributed by atoms with E-state index in [1.165, 1.54) is 4.90 Å². The van der Waals surface area contributed by atoms with Crippen LogP contribution in [0.15, 0.2) is 60.7 Å². The first kappa shape index (κ1) is 16.1. The Morgan fingerprint density at radius 3 is 2.40 bits per heavy atom. The Balaban J connectivity index is 1.76. The Kier molecular flexibility index (Phi) is 4.19. The maximum Gasteiger partial charge on any atom is 0.413 e. The van der Waals surface area contributed by atoms with Crippen molar-refractivity contribution in [2.24, 2.45) is 0 Å². The molecule has 2 aromatic rings. The molecule has 0 radical (unpaired) electrons. The number of nitrogens with zero attached hydrogens (tertiary/aromatic N) is 1. The molecule has 2 saturated heterocycles. The van der Waals surface area contributed by atoms with Crippen molar-refractivity contribution in [1.29, 1.82) is 0 Å². The van der Waals surface area contributed by atoms with E-state index in [1.54, 1.807) is 0 Å². The van der Waals surface area contributed by atoms with Crippen LogP contribution in [-0.4, -0.2) is 35.4 Å². The molecule has 2 aromatic carbocycles. The van der Waals surface area contributed by atoms with Gasteiger partial charge in [-0.2, -0.15) is 0 Å². The topological polar surface area (TPSA) is 59.0 Å². The van der Waals surface area contributed by atoms with Crippen LogP contribution in [0.25, 0.3) is 0 Å². The lowest BCUT2D eigenvalue weighted by Gasteiger charge is -2.35. The Morgan fingerprint density at radius 1 is 1.08 bits per heavy atom. The third kappa shape index (κ3) is 2.79. The zero-order valence-electron chi connectivity index (χ0n) is 13.9. The summed E-state index contributed by atoms with van der Waals surface area (Å²) in [5.41, 5.74) is -0.171. The van der Waals surface area contributed by atoms with E-state index >= 15 is 0 Å². The molecule has 0 aromatic heterocycles. The van der Waals surface area contributed by atoms with Gasteiger partial charge in [-0.05, 0) is 18.4 Å². The number of hydrogen-bond donors (Lipinski definition) is 1. The largest absolute Gasteiger partial charge is 0.436 e. The van der Waals surface area contributed by atoms with Gasteiger partial charge < -0.3 is 14.6 Å². The summed E-state index contributed by atoms with van der Waals surface area (Å²) in [5.74, 6) is 0. The van der Waals surface area contributed by atoms with Gasteiger partial charge in [0.05, 0.1) is 12.6 Å². The van der Waals surface area contributed by atoms with Crippen molar-refractivity contribution < 1.29 is 19.4 Å². The normalized spacial score (nSPS) is 29.0. The fraction of sp³-hybridized carbons (Fsp3) is 0.350. The van der Waals surface area contributed by atoms with Gasteiger partial charge in [-0.1, -0.05) is 60.7 Å². The van der Waals surface area contributed by atoms with Crippen LogP contribution >= 0.6 is 0 Å². The van der Waals surface area contributed by atoms with E-state index in [1.807, 2.05) is 60.7 Å². The van der Waals surface area contributed by atoms with Gasteiger partial charge in [0.1, 0.15) is 0 Å². The molecule has 130 valence electrons. The number of benzene rings is 2. The fourth-order valence-corrected chi connectivity index (χ4v) is 3.65. The summed E-state index contributed by atoms with van der Waals surface area (Å²) in [7, 11) is 0. The molecule has 3 atom stereocenters. The maximum absolute atomic E-state index is 12.6. The molecule has 2 fully saturated rings. The Hall–Kier alpha value is -2.37. The summed E-state index contributed by atoms with van der Waals surface area (Å²) >= 11 is 0. The number of carbonyl (C=O) groups is 1. The summed E-state index contributed by atoms with van der Waals surface area (Å²) in [4.78, 5) is 14.0. The van der Waals surface area contributed by atoms with Crippen molar-refractivity contribution in [2.45, 2.75) is 30.8 Å².